The lowest BCUT2D eigenvalue weighted by molar-refractivity contribution is 0.0287. The van der Waals surface area contributed by atoms with Crippen LogP contribution in [0.5, 0.6) is 0 Å². The van der Waals surface area contributed by atoms with E-state index in [2.05, 4.69) is 45.0 Å². The van der Waals surface area contributed by atoms with Gasteiger partial charge in [0.15, 0.2) is 5.69 Å². The van der Waals surface area contributed by atoms with E-state index >= 15 is 0 Å². The SMILES string of the molecule is [C-]#[N+]c1ccc(-c2c(-c3ccc4cn(C)nc4c3)cnc3c2ccn3C[C@@H]2CCN(C(=O)OC(C)(C)C)C2)cc1. The Morgan fingerprint density at radius 1 is 1.12 bits per heavy atom. The number of carbonyl (C=O) groups excluding carboxylic acids is 1. The molecule has 1 fully saturated rings. The van der Waals surface area contributed by atoms with Crippen molar-refractivity contribution < 1.29 is 9.53 Å². The molecule has 0 spiro atoms. The molecule has 1 aliphatic heterocycles. The summed E-state index contributed by atoms with van der Waals surface area (Å²) in [5.41, 5.74) is 6.12. The Hall–Kier alpha value is -4.64. The van der Waals surface area contributed by atoms with Gasteiger partial charge in [-0.25, -0.2) is 14.6 Å². The molecule has 8 nitrogen and oxygen atoms in total. The first kappa shape index (κ1) is 25.6. The number of aryl methyl sites for hydroxylation is 1. The molecular weight excluding hydrogens is 500 g/mol. The van der Waals surface area contributed by atoms with E-state index in [0.29, 0.717) is 24.7 Å². The number of benzene rings is 2. The third-order valence-electron chi connectivity index (χ3n) is 7.40. The molecule has 6 rings (SSSR count). The van der Waals surface area contributed by atoms with Crippen molar-refractivity contribution in [3.63, 3.8) is 0 Å². The summed E-state index contributed by atoms with van der Waals surface area (Å²) in [5.74, 6) is 0.317. The lowest BCUT2D eigenvalue weighted by Crippen LogP contribution is -2.35. The quantitative estimate of drug-likeness (QED) is 0.232. The summed E-state index contributed by atoms with van der Waals surface area (Å²) in [6.07, 6.45) is 6.73. The topological polar surface area (TPSA) is 69.5 Å². The number of aromatic nitrogens is 4. The van der Waals surface area contributed by atoms with Crippen LogP contribution < -0.4 is 0 Å². The maximum Gasteiger partial charge on any atom is 0.410 e. The van der Waals surface area contributed by atoms with Gasteiger partial charge in [-0.05, 0) is 56.4 Å². The molecule has 0 bridgehead atoms. The highest BCUT2D eigenvalue weighted by Gasteiger charge is 2.30. The van der Waals surface area contributed by atoms with Crippen molar-refractivity contribution >= 4 is 33.7 Å². The molecule has 0 aliphatic carbocycles. The average Bonchev–Trinajstić information content (AvgIpc) is 3.65. The Kier molecular flexibility index (Phi) is 6.30. The summed E-state index contributed by atoms with van der Waals surface area (Å²) in [5, 5.41) is 6.75. The van der Waals surface area contributed by atoms with Crippen molar-refractivity contribution in [2.45, 2.75) is 39.3 Å². The summed E-state index contributed by atoms with van der Waals surface area (Å²) in [6, 6.07) is 16.2. The Morgan fingerprint density at radius 3 is 2.65 bits per heavy atom. The van der Waals surface area contributed by atoms with Gasteiger partial charge < -0.3 is 14.2 Å². The Morgan fingerprint density at radius 2 is 1.90 bits per heavy atom. The molecule has 4 heterocycles. The first-order valence-electron chi connectivity index (χ1n) is 13.6. The van der Waals surface area contributed by atoms with Crippen LogP contribution in [0.4, 0.5) is 10.5 Å². The van der Waals surface area contributed by atoms with Crippen LogP contribution in [0.3, 0.4) is 0 Å². The summed E-state index contributed by atoms with van der Waals surface area (Å²) in [7, 11) is 1.93. The Balaban J connectivity index is 1.37. The highest BCUT2D eigenvalue weighted by atomic mass is 16.6. The van der Waals surface area contributed by atoms with Gasteiger partial charge in [0.2, 0.25) is 0 Å². The van der Waals surface area contributed by atoms with Crippen LogP contribution in [0.25, 0.3) is 49.0 Å². The Labute approximate surface area is 233 Å². The second-order valence-electron chi connectivity index (χ2n) is 11.6. The van der Waals surface area contributed by atoms with Crippen LogP contribution in [0.2, 0.25) is 0 Å². The molecule has 1 saturated heterocycles. The number of nitrogens with zero attached hydrogens (tertiary/aromatic N) is 6. The average molecular weight is 533 g/mol. The van der Waals surface area contributed by atoms with Crippen molar-refractivity contribution in [1.29, 1.82) is 0 Å². The van der Waals surface area contributed by atoms with Gasteiger partial charge in [-0.1, -0.05) is 36.4 Å². The van der Waals surface area contributed by atoms with E-state index in [1.165, 1.54) is 0 Å². The van der Waals surface area contributed by atoms with Gasteiger partial charge in [0.25, 0.3) is 0 Å². The smallest absolute Gasteiger partial charge is 0.410 e. The van der Waals surface area contributed by atoms with E-state index in [9.17, 15) is 4.79 Å². The van der Waals surface area contributed by atoms with Crippen LogP contribution >= 0.6 is 0 Å². The third-order valence-corrected chi connectivity index (χ3v) is 7.40. The largest absolute Gasteiger partial charge is 0.444 e. The molecular formula is C32H32N6O2. The fraction of sp³-hybridized carbons (Fsp3) is 0.312. The standard InChI is InChI=1S/C32H32N6O2/c1-32(2,3)40-31(39)38-14-12-21(19-38)18-37-15-13-26-29(22-8-10-25(33-4)11-9-22)27(17-34-30(26)37)23-6-7-24-20-36(5)35-28(24)16-23/h6-11,13,15-17,20-21H,12,14,18-19H2,1-3,5H3/t21-/m0/s1. The first-order valence-corrected chi connectivity index (χ1v) is 13.6. The van der Waals surface area contributed by atoms with Crippen molar-refractivity contribution in [3.8, 4) is 22.3 Å². The molecule has 202 valence electrons. The number of fused-ring (bicyclic) bond motifs is 2. The molecule has 1 aliphatic rings. The molecule has 0 N–H and O–H groups in total. The molecule has 1 amide bonds. The van der Waals surface area contributed by atoms with Crippen molar-refractivity contribution in [2.75, 3.05) is 13.1 Å². The number of likely N-dealkylation sites (tertiary alicyclic amines) is 1. The number of hydrogen-bond donors (Lipinski definition) is 0. The molecule has 5 aromatic rings. The number of amides is 1. The zero-order chi connectivity index (χ0) is 28.0. The number of pyridine rings is 1. The minimum absolute atomic E-state index is 0.245. The maximum atomic E-state index is 12.6. The van der Waals surface area contributed by atoms with Crippen molar-refractivity contribution in [1.82, 2.24) is 24.2 Å². The molecule has 2 aromatic carbocycles. The summed E-state index contributed by atoms with van der Waals surface area (Å²) in [4.78, 5) is 22.9. The zero-order valence-electron chi connectivity index (χ0n) is 23.3. The molecule has 0 radical (unpaired) electrons. The van der Waals surface area contributed by atoms with Gasteiger partial charge in [0, 0.05) is 67.2 Å². The third kappa shape index (κ3) is 4.91. The van der Waals surface area contributed by atoms with E-state index in [1.54, 1.807) is 0 Å². The molecule has 3 aromatic heterocycles. The summed E-state index contributed by atoms with van der Waals surface area (Å²) < 4.78 is 9.61. The van der Waals surface area contributed by atoms with Crippen LogP contribution in [0, 0.1) is 12.5 Å². The highest BCUT2D eigenvalue weighted by molar-refractivity contribution is 6.02. The van der Waals surface area contributed by atoms with Crippen LogP contribution in [0.1, 0.15) is 27.2 Å². The van der Waals surface area contributed by atoms with E-state index in [4.69, 9.17) is 16.3 Å². The van der Waals surface area contributed by atoms with Gasteiger partial charge in [-0.2, -0.15) is 5.10 Å². The second kappa shape index (κ2) is 9.83. The lowest BCUT2D eigenvalue weighted by atomic mass is 9.93. The second-order valence-corrected chi connectivity index (χ2v) is 11.6. The van der Waals surface area contributed by atoms with Crippen LogP contribution in [-0.2, 0) is 18.3 Å². The lowest BCUT2D eigenvalue weighted by Gasteiger charge is -2.24. The van der Waals surface area contributed by atoms with Crippen molar-refractivity contribution in [2.24, 2.45) is 13.0 Å². The highest BCUT2D eigenvalue weighted by Crippen LogP contribution is 2.39. The first-order chi connectivity index (χ1) is 19.2. The molecule has 8 heteroatoms. The van der Waals surface area contributed by atoms with E-state index in [1.807, 2.05) is 74.1 Å². The minimum Gasteiger partial charge on any atom is -0.444 e. The molecule has 0 saturated carbocycles. The van der Waals surface area contributed by atoms with Gasteiger partial charge >= 0.3 is 6.09 Å². The van der Waals surface area contributed by atoms with E-state index < -0.39 is 5.60 Å². The van der Waals surface area contributed by atoms with Crippen molar-refractivity contribution in [3.05, 3.63) is 78.5 Å². The van der Waals surface area contributed by atoms with E-state index in [-0.39, 0.29) is 6.09 Å². The van der Waals surface area contributed by atoms with Gasteiger partial charge in [0.05, 0.1) is 12.1 Å². The number of hydrogen-bond acceptors (Lipinski definition) is 4. The predicted molar refractivity (Wildman–Crippen MR) is 157 cm³/mol. The molecule has 0 unspecified atom stereocenters. The minimum atomic E-state index is -0.502. The van der Waals surface area contributed by atoms with Crippen LogP contribution in [-0.4, -0.2) is 49.0 Å². The zero-order valence-corrected chi connectivity index (χ0v) is 23.3. The monoisotopic (exact) mass is 532 g/mol. The predicted octanol–water partition coefficient (Wildman–Crippen LogP) is 7.06. The number of rotatable bonds is 4. The fourth-order valence-corrected chi connectivity index (χ4v) is 5.58. The summed E-state index contributed by atoms with van der Waals surface area (Å²) in [6.45, 7) is 15.2. The summed E-state index contributed by atoms with van der Waals surface area (Å²) >= 11 is 0. The van der Waals surface area contributed by atoms with Gasteiger partial charge in [-0.15, -0.1) is 0 Å². The maximum absolute atomic E-state index is 12.6. The van der Waals surface area contributed by atoms with Gasteiger partial charge in [-0.3, -0.25) is 4.68 Å². The molecule has 1 atom stereocenters. The van der Waals surface area contributed by atoms with Crippen LogP contribution in [0.15, 0.2) is 67.1 Å². The Bertz CT molecular complexity index is 1770. The van der Waals surface area contributed by atoms with E-state index in [0.717, 1.165) is 57.2 Å². The normalized spacial score (nSPS) is 15.6. The number of ether oxygens (including phenoxy) is 1. The molecule has 40 heavy (non-hydrogen) atoms. The fourth-order valence-electron chi connectivity index (χ4n) is 5.58. The number of carbonyl (C=O) groups is 1. The van der Waals surface area contributed by atoms with Gasteiger partial charge in [0.1, 0.15) is 11.2 Å².